The molecule has 1 saturated carbocycles. The van der Waals surface area contributed by atoms with Crippen LogP contribution in [0.2, 0.25) is 0 Å². The molecule has 1 aliphatic carbocycles. The second-order valence-corrected chi connectivity index (χ2v) is 9.28. The number of nitriles is 1. The molecule has 2 amide bonds. The van der Waals surface area contributed by atoms with Crippen LogP contribution in [0.4, 0.5) is 23.7 Å². The fourth-order valence-corrected chi connectivity index (χ4v) is 5.00. The van der Waals surface area contributed by atoms with Crippen molar-refractivity contribution in [1.29, 1.82) is 5.26 Å². The van der Waals surface area contributed by atoms with Crippen molar-refractivity contribution in [3.63, 3.8) is 0 Å². The van der Waals surface area contributed by atoms with Gasteiger partial charge in [0.05, 0.1) is 23.8 Å². The second kappa shape index (κ2) is 8.81. The monoisotopic (exact) mass is 450 g/mol. The molecule has 174 valence electrons. The number of hydrogen-bond donors (Lipinski definition) is 1. The molecule has 9 heteroatoms. The summed E-state index contributed by atoms with van der Waals surface area (Å²) in [5.74, 6) is 0.829. The van der Waals surface area contributed by atoms with Crippen LogP contribution in [-0.2, 0) is 10.9 Å². The van der Waals surface area contributed by atoms with Gasteiger partial charge in [-0.05, 0) is 56.2 Å². The summed E-state index contributed by atoms with van der Waals surface area (Å²) >= 11 is 0. The number of halogens is 3. The minimum Gasteiger partial charge on any atom is -0.380 e. The Morgan fingerprint density at radius 3 is 2.75 bits per heavy atom. The summed E-state index contributed by atoms with van der Waals surface area (Å²) in [4.78, 5) is 16.3. The van der Waals surface area contributed by atoms with Gasteiger partial charge in [0.1, 0.15) is 0 Å². The van der Waals surface area contributed by atoms with Gasteiger partial charge in [0.2, 0.25) is 0 Å². The molecule has 0 unspecified atom stereocenters. The highest BCUT2D eigenvalue weighted by atomic mass is 19.4. The summed E-state index contributed by atoms with van der Waals surface area (Å²) in [6.07, 6.45) is -1.45. The quantitative estimate of drug-likeness (QED) is 0.715. The number of nitrogens with one attached hydrogen (secondary N) is 1. The lowest BCUT2D eigenvalue weighted by Gasteiger charge is -2.43. The maximum absolute atomic E-state index is 13.5. The molecule has 2 saturated heterocycles. The lowest BCUT2D eigenvalue weighted by Crippen LogP contribution is -2.55. The Morgan fingerprint density at radius 2 is 2.09 bits per heavy atom. The van der Waals surface area contributed by atoms with Crippen molar-refractivity contribution in [2.24, 2.45) is 17.3 Å². The molecule has 0 spiro atoms. The van der Waals surface area contributed by atoms with E-state index in [1.54, 1.807) is 12.1 Å². The van der Waals surface area contributed by atoms with Crippen LogP contribution in [0.1, 0.15) is 37.3 Å². The summed E-state index contributed by atoms with van der Waals surface area (Å²) in [6, 6.07) is 5.45. The molecule has 32 heavy (non-hydrogen) atoms. The van der Waals surface area contributed by atoms with Crippen LogP contribution in [0, 0.1) is 28.6 Å². The van der Waals surface area contributed by atoms with E-state index in [0.717, 1.165) is 12.5 Å². The number of fused-ring (bicyclic) bond motifs is 1. The van der Waals surface area contributed by atoms with Gasteiger partial charge in [-0.2, -0.15) is 18.4 Å². The highest BCUT2D eigenvalue weighted by Crippen LogP contribution is 2.45. The Morgan fingerprint density at radius 1 is 1.31 bits per heavy atom. The fourth-order valence-electron chi connectivity index (χ4n) is 5.00. The Hall–Kier alpha value is -2.47. The molecule has 0 bridgehead atoms. The number of carbonyl (C=O) groups is 1. The molecule has 3 fully saturated rings. The Labute approximate surface area is 186 Å². The fraction of sp³-hybridized carbons (Fsp3) is 0.652. The van der Waals surface area contributed by atoms with Crippen LogP contribution in [0.15, 0.2) is 18.2 Å². The SMILES string of the molecule is CCNC(=O)N1CC[C@H]2CN(c3ccc(C#N)c(C(F)(F)F)c3)C[C@@]2(COCC2CC2)C1. The summed E-state index contributed by atoms with van der Waals surface area (Å²) in [7, 11) is 0. The zero-order valence-corrected chi connectivity index (χ0v) is 18.2. The number of piperidine rings is 1. The summed E-state index contributed by atoms with van der Waals surface area (Å²) in [5, 5.41) is 11.9. The maximum atomic E-state index is 13.5. The molecule has 2 atom stereocenters. The van der Waals surface area contributed by atoms with Crippen LogP contribution in [-0.4, -0.2) is 56.9 Å². The second-order valence-electron chi connectivity index (χ2n) is 9.28. The molecule has 1 aromatic rings. The number of anilines is 1. The number of carbonyl (C=O) groups excluding carboxylic acids is 1. The van der Waals surface area contributed by atoms with E-state index >= 15 is 0 Å². The largest absolute Gasteiger partial charge is 0.417 e. The molecular weight excluding hydrogens is 421 g/mol. The van der Waals surface area contributed by atoms with Crippen molar-refractivity contribution >= 4 is 11.7 Å². The van der Waals surface area contributed by atoms with E-state index < -0.39 is 11.7 Å². The lowest BCUT2D eigenvalue weighted by atomic mass is 9.74. The van der Waals surface area contributed by atoms with Crippen molar-refractivity contribution in [2.75, 3.05) is 50.8 Å². The van der Waals surface area contributed by atoms with Gasteiger partial charge in [-0.3, -0.25) is 0 Å². The molecule has 3 aliphatic rings. The number of urea groups is 1. The first-order valence-corrected chi connectivity index (χ1v) is 11.2. The normalized spacial score (nSPS) is 25.4. The van der Waals surface area contributed by atoms with Gasteiger partial charge in [0.25, 0.3) is 0 Å². The van der Waals surface area contributed by atoms with Gasteiger partial charge >= 0.3 is 12.2 Å². The number of likely N-dealkylation sites (tertiary alicyclic amines) is 1. The van der Waals surface area contributed by atoms with Crippen molar-refractivity contribution < 1.29 is 22.7 Å². The van der Waals surface area contributed by atoms with E-state index in [0.29, 0.717) is 57.5 Å². The third-order valence-corrected chi connectivity index (χ3v) is 6.92. The molecule has 2 heterocycles. The number of alkyl halides is 3. The summed E-state index contributed by atoms with van der Waals surface area (Å²) in [5.41, 5.74) is -1.15. The number of rotatable bonds is 6. The standard InChI is InChI=1S/C23H29F3N4O2/c1-2-28-21(31)29-8-7-18-11-30(14-22(18,13-29)15-32-12-16-3-4-16)19-6-5-17(10-27)20(9-19)23(24,25)26/h5-6,9,16,18H,2-4,7-8,11-15H2,1H3,(H,28,31)/t18-,22+/m0/s1. The highest BCUT2D eigenvalue weighted by Gasteiger charge is 2.51. The van der Waals surface area contributed by atoms with Gasteiger partial charge < -0.3 is 19.9 Å². The van der Waals surface area contributed by atoms with Crippen molar-refractivity contribution in [1.82, 2.24) is 10.2 Å². The molecule has 0 radical (unpaired) electrons. The molecule has 1 aromatic carbocycles. The number of hydrogen-bond acceptors (Lipinski definition) is 4. The third kappa shape index (κ3) is 4.65. The number of amides is 2. The summed E-state index contributed by atoms with van der Waals surface area (Å²) < 4.78 is 46.6. The lowest BCUT2D eigenvalue weighted by molar-refractivity contribution is -0.137. The van der Waals surface area contributed by atoms with E-state index in [2.05, 4.69) is 5.32 Å². The Balaban J connectivity index is 1.58. The first kappa shape index (κ1) is 22.7. The van der Waals surface area contributed by atoms with Crippen LogP contribution in [0.3, 0.4) is 0 Å². The average Bonchev–Trinajstić information content (AvgIpc) is 3.50. The van der Waals surface area contributed by atoms with Gasteiger partial charge in [0, 0.05) is 50.4 Å². The van der Waals surface area contributed by atoms with Crippen molar-refractivity contribution in [3.8, 4) is 6.07 Å². The average molecular weight is 451 g/mol. The number of benzene rings is 1. The van der Waals surface area contributed by atoms with E-state index in [1.165, 1.54) is 18.9 Å². The molecule has 0 aromatic heterocycles. The zero-order chi connectivity index (χ0) is 22.9. The van der Waals surface area contributed by atoms with Crippen LogP contribution in [0.25, 0.3) is 0 Å². The van der Waals surface area contributed by atoms with E-state index in [4.69, 9.17) is 10.00 Å². The minimum absolute atomic E-state index is 0.108. The van der Waals surface area contributed by atoms with Crippen LogP contribution in [0.5, 0.6) is 0 Å². The van der Waals surface area contributed by atoms with Crippen LogP contribution < -0.4 is 10.2 Å². The molecule has 6 nitrogen and oxygen atoms in total. The highest BCUT2D eigenvalue weighted by molar-refractivity contribution is 5.74. The van der Waals surface area contributed by atoms with Gasteiger partial charge in [-0.15, -0.1) is 0 Å². The predicted molar refractivity (Wildman–Crippen MR) is 113 cm³/mol. The number of ether oxygens (including phenoxy) is 1. The van der Waals surface area contributed by atoms with Crippen molar-refractivity contribution in [3.05, 3.63) is 29.3 Å². The van der Waals surface area contributed by atoms with Crippen molar-refractivity contribution in [2.45, 2.75) is 32.4 Å². The maximum Gasteiger partial charge on any atom is 0.417 e. The van der Waals surface area contributed by atoms with Gasteiger partial charge in [-0.1, -0.05) is 0 Å². The molecule has 4 rings (SSSR count). The predicted octanol–water partition coefficient (Wildman–Crippen LogP) is 3.86. The first-order chi connectivity index (χ1) is 15.3. The van der Waals surface area contributed by atoms with E-state index in [1.807, 2.05) is 16.7 Å². The zero-order valence-electron chi connectivity index (χ0n) is 18.2. The smallest absolute Gasteiger partial charge is 0.380 e. The molecular formula is C23H29F3N4O2. The number of nitrogens with zero attached hydrogens (tertiary/aromatic N) is 3. The van der Waals surface area contributed by atoms with Gasteiger partial charge in [0.15, 0.2) is 0 Å². The minimum atomic E-state index is -4.59. The van der Waals surface area contributed by atoms with Crippen LogP contribution >= 0.6 is 0 Å². The first-order valence-electron chi connectivity index (χ1n) is 11.2. The summed E-state index contributed by atoms with van der Waals surface area (Å²) in [6.45, 7) is 5.87. The van der Waals surface area contributed by atoms with Gasteiger partial charge in [-0.25, -0.2) is 4.79 Å². The van der Waals surface area contributed by atoms with E-state index in [-0.39, 0.29) is 22.9 Å². The van der Waals surface area contributed by atoms with E-state index in [9.17, 15) is 18.0 Å². The third-order valence-electron chi connectivity index (χ3n) is 6.92. The molecule has 2 aliphatic heterocycles. The molecule has 1 N–H and O–H groups in total. The topological polar surface area (TPSA) is 68.6 Å². The Bertz CT molecular complexity index is 896. The Kier molecular flexibility index (Phi) is 6.26.